The molecule has 0 bridgehead atoms. The van der Waals surface area contributed by atoms with Crippen molar-refractivity contribution < 1.29 is 9.66 Å². The second-order valence-electron chi connectivity index (χ2n) is 5.07. The molecule has 3 aromatic rings. The molecule has 1 aromatic carbocycles. The summed E-state index contributed by atoms with van der Waals surface area (Å²) in [6, 6.07) is 3.90. The zero-order valence-corrected chi connectivity index (χ0v) is 14.0. The fourth-order valence-corrected chi connectivity index (χ4v) is 2.09. The van der Waals surface area contributed by atoms with Gasteiger partial charge >= 0.3 is 0 Å². The van der Waals surface area contributed by atoms with E-state index in [1.807, 2.05) is 0 Å². The molecule has 0 amide bonds. The molecule has 0 saturated carbocycles. The van der Waals surface area contributed by atoms with Gasteiger partial charge in [0.2, 0.25) is 0 Å². The standard InChI is InChI=1S/C15H13N9O3/c1-27-11-6-8(24(25)26)2-3-9(11)22-23-12-13(16)20-15(21-14(12)17)10-7-18-4-5-19-10/h2-7H,1H3,(H4,16,17,20,21). The Morgan fingerprint density at radius 3 is 2.48 bits per heavy atom. The summed E-state index contributed by atoms with van der Waals surface area (Å²) in [4.78, 5) is 26.5. The number of hydrogen-bond acceptors (Lipinski definition) is 11. The topological polar surface area (TPSA) is 181 Å². The van der Waals surface area contributed by atoms with Gasteiger partial charge < -0.3 is 16.2 Å². The Labute approximate surface area is 152 Å². The molecule has 12 heteroatoms. The molecule has 0 radical (unpaired) electrons. The summed E-state index contributed by atoms with van der Waals surface area (Å²) in [5, 5.41) is 18.8. The van der Waals surface area contributed by atoms with E-state index in [1.165, 1.54) is 43.9 Å². The number of nitro groups is 1. The van der Waals surface area contributed by atoms with Crippen LogP contribution in [0.3, 0.4) is 0 Å². The van der Waals surface area contributed by atoms with Gasteiger partial charge in [-0.3, -0.25) is 15.1 Å². The molecule has 0 saturated heterocycles. The number of benzene rings is 1. The quantitative estimate of drug-likeness (QED) is 0.388. The number of nitro benzene ring substituents is 1. The second-order valence-corrected chi connectivity index (χ2v) is 5.07. The van der Waals surface area contributed by atoms with Crippen molar-refractivity contribution in [1.29, 1.82) is 0 Å². The zero-order chi connectivity index (χ0) is 19.4. The van der Waals surface area contributed by atoms with Crippen molar-refractivity contribution in [2.75, 3.05) is 18.6 Å². The lowest BCUT2D eigenvalue weighted by atomic mass is 10.2. The lowest BCUT2D eigenvalue weighted by molar-refractivity contribution is -0.384. The molecule has 0 atom stereocenters. The Morgan fingerprint density at radius 1 is 1.15 bits per heavy atom. The van der Waals surface area contributed by atoms with E-state index in [4.69, 9.17) is 16.2 Å². The van der Waals surface area contributed by atoms with E-state index in [9.17, 15) is 10.1 Å². The maximum atomic E-state index is 10.8. The first-order chi connectivity index (χ1) is 13.0. The third kappa shape index (κ3) is 3.73. The van der Waals surface area contributed by atoms with Gasteiger partial charge in [0.05, 0.1) is 24.3 Å². The maximum Gasteiger partial charge on any atom is 0.273 e. The van der Waals surface area contributed by atoms with Gasteiger partial charge in [0.15, 0.2) is 28.9 Å². The summed E-state index contributed by atoms with van der Waals surface area (Å²) in [6.07, 6.45) is 4.47. The molecule has 0 aliphatic heterocycles. The normalized spacial score (nSPS) is 10.9. The molecular weight excluding hydrogens is 354 g/mol. The van der Waals surface area contributed by atoms with Gasteiger partial charge in [-0.2, -0.15) is 0 Å². The molecule has 136 valence electrons. The van der Waals surface area contributed by atoms with Crippen LogP contribution >= 0.6 is 0 Å². The smallest absolute Gasteiger partial charge is 0.273 e. The van der Waals surface area contributed by atoms with E-state index in [0.717, 1.165) is 0 Å². The van der Waals surface area contributed by atoms with Crippen LogP contribution in [0.4, 0.5) is 28.7 Å². The summed E-state index contributed by atoms with van der Waals surface area (Å²) in [6.45, 7) is 0. The molecule has 0 fully saturated rings. The predicted molar refractivity (Wildman–Crippen MR) is 95.7 cm³/mol. The van der Waals surface area contributed by atoms with Gasteiger partial charge in [-0.15, -0.1) is 10.2 Å². The number of rotatable bonds is 5. The first-order valence-electron chi connectivity index (χ1n) is 7.43. The molecule has 4 N–H and O–H groups in total. The summed E-state index contributed by atoms with van der Waals surface area (Å²) < 4.78 is 5.09. The Kier molecular flexibility index (Phi) is 4.79. The summed E-state index contributed by atoms with van der Waals surface area (Å²) >= 11 is 0. The number of nitrogens with zero attached hydrogens (tertiary/aromatic N) is 7. The lowest BCUT2D eigenvalue weighted by Crippen LogP contribution is -2.02. The largest absolute Gasteiger partial charge is 0.494 e. The summed E-state index contributed by atoms with van der Waals surface area (Å²) in [5.74, 6) is 0.354. The van der Waals surface area contributed by atoms with E-state index < -0.39 is 4.92 Å². The average molecular weight is 367 g/mol. The molecule has 27 heavy (non-hydrogen) atoms. The predicted octanol–water partition coefficient (Wildman–Crippen LogP) is 2.43. The second kappa shape index (κ2) is 7.35. The third-order valence-corrected chi connectivity index (χ3v) is 3.36. The van der Waals surface area contributed by atoms with Crippen LogP contribution in [0.2, 0.25) is 0 Å². The summed E-state index contributed by atoms with van der Waals surface area (Å²) in [5.41, 5.74) is 12.4. The number of anilines is 2. The van der Waals surface area contributed by atoms with Crippen LogP contribution in [-0.4, -0.2) is 32.0 Å². The number of azo groups is 1. The Morgan fingerprint density at radius 2 is 1.89 bits per heavy atom. The Balaban J connectivity index is 1.95. The number of ether oxygens (including phenoxy) is 1. The molecule has 2 aromatic heterocycles. The average Bonchev–Trinajstić information content (AvgIpc) is 2.67. The Hall–Kier alpha value is -4.22. The van der Waals surface area contributed by atoms with Crippen LogP contribution < -0.4 is 16.2 Å². The van der Waals surface area contributed by atoms with Crippen molar-refractivity contribution >= 4 is 28.7 Å². The van der Waals surface area contributed by atoms with Crippen molar-refractivity contribution in [3.63, 3.8) is 0 Å². The minimum atomic E-state index is -0.543. The van der Waals surface area contributed by atoms with Crippen LogP contribution in [-0.2, 0) is 0 Å². The van der Waals surface area contributed by atoms with Gasteiger partial charge in [-0.25, -0.2) is 15.0 Å². The molecule has 0 aliphatic carbocycles. The minimum absolute atomic E-state index is 0.00668. The monoisotopic (exact) mass is 367 g/mol. The highest BCUT2D eigenvalue weighted by molar-refractivity contribution is 5.73. The molecular formula is C15H13N9O3. The molecule has 2 heterocycles. The van der Waals surface area contributed by atoms with Gasteiger partial charge in [0.1, 0.15) is 11.4 Å². The Bertz CT molecular complexity index is 1000. The van der Waals surface area contributed by atoms with E-state index in [0.29, 0.717) is 5.69 Å². The molecule has 0 aliphatic rings. The number of hydrogen-bond donors (Lipinski definition) is 2. The fourth-order valence-electron chi connectivity index (χ4n) is 2.09. The van der Waals surface area contributed by atoms with E-state index in [2.05, 4.69) is 30.2 Å². The van der Waals surface area contributed by atoms with Crippen LogP contribution in [0, 0.1) is 10.1 Å². The summed E-state index contributed by atoms with van der Waals surface area (Å²) in [7, 11) is 1.36. The number of methoxy groups -OCH3 is 1. The number of non-ortho nitro benzene ring substituents is 1. The van der Waals surface area contributed by atoms with Gasteiger partial charge in [-0.1, -0.05) is 0 Å². The lowest BCUT2D eigenvalue weighted by Gasteiger charge is -2.06. The van der Waals surface area contributed by atoms with Crippen LogP contribution in [0.15, 0.2) is 47.0 Å². The highest BCUT2D eigenvalue weighted by atomic mass is 16.6. The SMILES string of the molecule is COc1cc([N+](=O)[O-])ccc1N=Nc1c(N)nc(-c2cnccn2)nc1N. The van der Waals surface area contributed by atoms with Crippen molar-refractivity contribution in [2.45, 2.75) is 0 Å². The molecule has 3 rings (SSSR count). The minimum Gasteiger partial charge on any atom is -0.494 e. The van der Waals surface area contributed by atoms with Crippen molar-refractivity contribution in [3.05, 3.63) is 46.9 Å². The van der Waals surface area contributed by atoms with Crippen LogP contribution in [0.1, 0.15) is 0 Å². The van der Waals surface area contributed by atoms with Gasteiger partial charge in [-0.05, 0) is 6.07 Å². The number of aromatic nitrogens is 4. The van der Waals surface area contributed by atoms with E-state index >= 15 is 0 Å². The highest BCUT2D eigenvalue weighted by Gasteiger charge is 2.14. The molecule has 12 nitrogen and oxygen atoms in total. The molecule has 0 unspecified atom stereocenters. The number of nitrogen functional groups attached to an aromatic ring is 2. The van der Waals surface area contributed by atoms with Crippen LogP contribution in [0.5, 0.6) is 5.75 Å². The number of nitrogens with two attached hydrogens (primary N) is 2. The van der Waals surface area contributed by atoms with Gasteiger partial charge in [0.25, 0.3) is 5.69 Å². The van der Waals surface area contributed by atoms with Crippen molar-refractivity contribution in [2.24, 2.45) is 10.2 Å². The van der Waals surface area contributed by atoms with E-state index in [1.54, 1.807) is 0 Å². The highest BCUT2D eigenvalue weighted by Crippen LogP contribution is 2.35. The van der Waals surface area contributed by atoms with E-state index in [-0.39, 0.29) is 40.3 Å². The van der Waals surface area contributed by atoms with Crippen molar-refractivity contribution in [3.8, 4) is 17.3 Å². The van der Waals surface area contributed by atoms with Crippen LogP contribution in [0.25, 0.3) is 11.5 Å². The molecule has 0 spiro atoms. The first kappa shape index (κ1) is 17.6. The van der Waals surface area contributed by atoms with Crippen molar-refractivity contribution in [1.82, 2.24) is 19.9 Å². The zero-order valence-electron chi connectivity index (χ0n) is 14.0. The fraction of sp³-hybridized carbons (Fsp3) is 0.0667. The maximum absolute atomic E-state index is 10.8. The third-order valence-electron chi connectivity index (χ3n) is 3.36. The first-order valence-corrected chi connectivity index (χ1v) is 7.43. The van der Waals surface area contributed by atoms with Gasteiger partial charge in [0, 0.05) is 18.5 Å².